The molecule has 94 valence electrons. The summed E-state index contributed by atoms with van der Waals surface area (Å²) in [4.78, 5) is 23.4. The molecule has 0 saturated carbocycles. The smallest absolute Gasteiger partial charge is 0.328 e. The van der Waals surface area contributed by atoms with E-state index >= 15 is 0 Å². The Hall–Kier alpha value is -1.37. The average molecular weight is 265 g/mol. The molecule has 17 heavy (non-hydrogen) atoms. The summed E-state index contributed by atoms with van der Waals surface area (Å²) in [5.41, 5.74) is 0. The van der Waals surface area contributed by atoms with Crippen LogP contribution in [0.15, 0.2) is 17.5 Å². The summed E-state index contributed by atoms with van der Waals surface area (Å²) in [5, 5.41) is 1.64. The second-order valence-corrected chi connectivity index (χ2v) is 4.38. The van der Waals surface area contributed by atoms with E-state index in [1.807, 2.05) is 0 Å². The first kappa shape index (κ1) is 13.7. The number of Topliss-reactive ketones (excluding diaryl/α,β-unsaturated/α-hetero) is 1. The molecule has 1 atom stereocenters. The fourth-order valence-electron chi connectivity index (χ4n) is 1.18. The van der Waals surface area contributed by atoms with Gasteiger partial charge in [0.2, 0.25) is 0 Å². The minimum atomic E-state index is -4.96. The lowest BCUT2D eigenvalue weighted by molar-refractivity contribution is -0.185. The minimum absolute atomic E-state index is 0.333. The number of hydrogen-bond acceptors (Lipinski definition) is 3. The van der Waals surface area contributed by atoms with E-state index in [4.69, 9.17) is 0 Å². The number of carbonyl (C=O) groups is 2. The summed E-state index contributed by atoms with van der Waals surface area (Å²) in [6.45, 7) is 1.27. The highest BCUT2D eigenvalue weighted by Crippen LogP contribution is 2.21. The van der Waals surface area contributed by atoms with Crippen molar-refractivity contribution in [1.29, 1.82) is 0 Å². The summed E-state index contributed by atoms with van der Waals surface area (Å²) in [5.74, 6) is -2.52. The maximum Gasteiger partial charge on any atom is 0.471 e. The van der Waals surface area contributed by atoms with Gasteiger partial charge in [-0.25, -0.2) is 0 Å². The monoisotopic (exact) mass is 265 g/mol. The fraction of sp³-hybridized carbons (Fsp3) is 0.400. The summed E-state index contributed by atoms with van der Waals surface area (Å²) in [6.07, 6.45) is -4.96. The first-order chi connectivity index (χ1) is 7.75. The summed E-state index contributed by atoms with van der Waals surface area (Å²) >= 11 is 1.13. The van der Waals surface area contributed by atoms with E-state index in [1.165, 1.54) is 13.0 Å². The van der Waals surface area contributed by atoms with Crippen LogP contribution in [0.4, 0.5) is 13.2 Å². The van der Waals surface area contributed by atoms with Crippen molar-refractivity contribution in [3.8, 4) is 0 Å². The number of carbonyl (C=O) groups excluding carboxylic acids is 2. The van der Waals surface area contributed by atoms with Gasteiger partial charge in [-0.2, -0.15) is 13.2 Å². The predicted octanol–water partition coefficient (Wildman–Crippen LogP) is 2.34. The number of ketones is 1. The van der Waals surface area contributed by atoms with Gasteiger partial charge in [0.05, 0.1) is 10.9 Å². The third-order valence-corrected chi connectivity index (χ3v) is 3.17. The molecule has 0 aliphatic rings. The summed E-state index contributed by atoms with van der Waals surface area (Å²) in [6, 6.07) is 1.99. The quantitative estimate of drug-likeness (QED) is 0.787. The van der Waals surface area contributed by atoms with Gasteiger partial charge in [0, 0.05) is 7.05 Å². The number of alkyl halides is 3. The Morgan fingerprint density at radius 1 is 1.41 bits per heavy atom. The minimum Gasteiger partial charge on any atom is -0.328 e. The van der Waals surface area contributed by atoms with Gasteiger partial charge in [0.15, 0.2) is 5.78 Å². The Morgan fingerprint density at radius 3 is 2.41 bits per heavy atom. The second-order valence-electron chi connectivity index (χ2n) is 3.43. The third kappa shape index (κ3) is 3.06. The van der Waals surface area contributed by atoms with Gasteiger partial charge in [-0.1, -0.05) is 6.07 Å². The Morgan fingerprint density at radius 2 is 2.00 bits per heavy atom. The summed E-state index contributed by atoms with van der Waals surface area (Å²) in [7, 11) is 0.964. The van der Waals surface area contributed by atoms with Gasteiger partial charge in [0.1, 0.15) is 0 Å². The molecule has 1 amide bonds. The van der Waals surface area contributed by atoms with E-state index in [0.717, 1.165) is 18.4 Å². The Labute approximate surface area is 99.8 Å². The van der Waals surface area contributed by atoms with Crippen molar-refractivity contribution >= 4 is 23.0 Å². The first-order valence-electron chi connectivity index (χ1n) is 4.67. The summed E-state index contributed by atoms with van der Waals surface area (Å²) < 4.78 is 36.5. The highest BCUT2D eigenvalue weighted by Gasteiger charge is 2.43. The van der Waals surface area contributed by atoms with Crippen LogP contribution in [0.5, 0.6) is 0 Å². The van der Waals surface area contributed by atoms with Crippen LogP contribution in [0.3, 0.4) is 0 Å². The number of amides is 1. The van der Waals surface area contributed by atoms with Crippen LogP contribution >= 0.6 is 11.3 Å². The fourth-order valence-corrected chi connectivity index (χ4v) is 1.92. The molecule has 1 aromatic heterocycles. The van der Waals surface area contributed by atoms with E-state index in [-0.39, 0.29) is 0 Å². The van der Waals surface area contributed by atoms with Crippen LogP contribution < -0.4 is 0 Å². The normalized spacial score (nSPS) is 13.2. The standard InChI is InChI=1S/C10H10F3NO2S/c1-6(8(15)7-4-3-5-17-7)14(2)9(16)10(11,12)13/h3-6H,1-2H3. The zero-order valence-corrected chi connectivity index (χ0v) is 9.93. The van der Waals surface area contributed by atoms with Gasteiger partial charge >= 0.3 is 12.1 Å². The maximum absolute atomic E-state index is 12.2. The number of thiophene rings is 1. The topological polar surface area (TPSA) is 37.4 Å². The molecule has 0 N–H and O–H groups in total. The maximum atomic E-state index is 12.2. The van der Waals surface area contributed by atoms with E-state index < -0.39 is 23.9 Å². The van der Waals surface area contributed by atoms with Crippen molar-refractivity contribution in [3.63, 3.8) is 0 Å². The molecular formula is C10H10F3NO2S. The molecule has 1 unspecified atom stereocenters. The van der Waals surface area contributed by atoms with Gasteiger partial charge in [-0.05, 0) is 18.4 Å². The van der Waals surface area contributed by atoms with Crippen LogP contribution in [0.25, 0.3) is 0 Å². The number of likely N-dealkylation sites (N-methyl/N-ethyl adjacent to an activating group) is 1. The SMILES string of the molecule is CC(C(=O)c1cccs1)N(C)C(=O)C(F)(F)F. The zero-order chi connectivity index (χ0) is 13.2. The lowest BCUT2D eigenvalue weighted by Crippen LogP contribution is -2.46. The first-order valence-corrected chi connectivity index (χ1v) is 5.55. The second kappa shape index (κ2) is 4.87. The Bertz CT molecular complexity index is 414. The van der Waals surface area contributed by atoms with E-state index in [1.54, 1.807) is 11.4 Å². The molecule has 0 bridgehead atoms. The largest absolute Gasteiger partial charge is 0.471 e. The van der Waals surface area contributed by atoms with Crippen LogP contribution in [0.2, 0.25) is 0 Å². The molecule has 7 heteroatoms. The third-order valence-electron chi connectivity index (χ3n) is 2.29. The predicted molar refractivity (Wildman–Crippen MR) is 56.9 cm³/mol. The lowest BCUT2D eigenvalue weighted by Gasteiger charge is -2.24. The van der Waals surface area contributed by atoms with Crippen molar-refractivity contribution in [2.24, 2.45) is 0 Å². The zero-order valence-electron chi connectivity index (χ0n) is 9.12. The highest BCUT2D eigenvalue weighted by atomic mass is 32.1. The lowest BCUT2D eigenvalue weighted by atomic mass is 10.1. The van der Waals surface area contributed by atoms with Gasteiger partial charge in [0.25, 0.3) is 0 Å². The molecule has 0 radical (unpaired) electrons. The highest BCUT2D eigenvalue weighted by molar-refractivity contribution is 7.12. The molecular weight excluding hydrogens is 255 g/mol. The van der Waals surface area contributed by atoms with Crippen molar-refractivity contribution in [2.45, 2.75) is 19.1 Å². The molecule has 0 spiro atoms. The van der Waals surface area contributed by atoms with E-state index in [0.29, 0.717) is 9.78 Å². The Kier molecular flexibility index (Phi) is 3.92. The number of nitrogens with zero attached hydrogens (tertiary/aromatic N) is 1. The van der Waals surface area contributed by atoms with Crippen LogP contribution in [0.1, 0.15) is 16.6 Å². The number of halogens is 3. The molecule has 0 aliphatic heterocycles. The van der Waals surface area contributed by atoms with E-state index in [9.17, 15) is 22.8 Å². The molecule has 0 aliphatic carbocycles. The molecule has 1 aromatic rings. The molecule has 0 saturated heterocycles. The molecule has 0 fully saturated rings. The van der Waals surface area contributed by atoms with Gasteiger partial charge in [-0.15, -0.1) is 11.3 Å². The van der Waals surface area contributed by atoms with Crippen molar-refractivity contribution in [3.05, 3.63) is 22.4 Å². The van der Waals surface area contributed by atoms with Crippen molar-refractivity contribution < 1.29 is 22.8 Å². The van der Waals surface area contributed by atoms with Crippen LogP contribution in [-0.4, -0.2) is 35.9 Å². The molecule has 1 heterocycles. The van der Waals surface area contributed by atoms with Crippen LogP contribution in [-0.2, 0) is 4.79 Å². The number of rotatable bonds is 3. The van der Waals surface area contributed by atoms with Crippen molar-refractivity contribution in [2.75, 3.05) is 7.05 Å². The molecule has 3 nitrogen and oxygen atoms in total. The van der Waals surface area contributed by atoms with Crippen molar-refractivity contribution in [1.82, 2.24) is 4.90 Å². The average Bonchev–Trinajstić information content (AvgIpc) is 2.77. The number of hydrogen-bond donors (Lipinski definition) is 0. The Balaban J connectivity index is 2.81. The van der Waals surface area contributed by atoms with Gasteiger partial charge in [-0.3, -0.25) is 9.59 Å². The van der Waals surface area contributed by atoms with E-state index in [2.05, 4.69) is 0 Å². The molecule has 0 aromatic carbocycles. The molecule has 1 rings (SSSR count). The van der Waals surface area contributed by atoms with Crippen LogP contribution in [0, 0.1) is 0 Å². The van der Waals surface area contributed by atoms with Gasteiger partial charge < -0.3 is 4.90 Å².